The van der Waals surface area contributed by atoms with Crippen molar-refractivity contribution >= 4 is 21.2 Å². The van der Waals surface area contributed by atoms with E-state index in [1.165, 1.54) is 0 Å². The van der Waals surface area contributed by atoms with Gasteiger partial charge in [-0.25, -0.2) is 17.8 Å². The lowest BCUT2D eigenvalue weighted by molar-refractivity contribution is 0.553. The molecule has 0 spiro atoms. The second-order valence-corrected chi connectivity index (χ2v) is 2.38. The molecule has 0 aromatic heterocycles. The zero-order chi connectivity index (χ0) is 7.33. The van der Waals surface area contributed by atoms with E-state index in [-0.39, 0.29) is 0 Å². The Bertz CT molecular complexity index is 173. The molecule has 0 aliphatic rings. The van der Waals surface area contributed by atoms with Crippen LogP contribution in [0.2, 0.25) is 0 Å². The quantitative estimate of drug-likeness (QED) is 0.241. The molecular formula is C2F2N2O2Si. The minimum absolute atomic E-state index is 0.607. The van der Waals surface area contributed by atoms with Gasteiger partial charge in [-0.2, -0.15) is 9.32 Å². The molecule has 0 bridgehead atoms. The van der Waals surface area contributed by atoms with Crippen molar-refractivity contribution in [1.82, 2.24) is 0 Å². The highest BCUT2D eigenvalue weighted by Crippen LogP contribution is 2.06. The minimum atomic E-state index is -5.30. The van der Waals surface area contributed by atoms with Gasteiger partial charge in [0.1, 0.15) is 0 Å². The van der Waals surface area contributed by atoms with Crippen molar-refractivity contribution in [2.75, 3.05) is 0 Å². The maximum Gasteiger partial charge on any atom is 0.727 e. The highest BCUT2D eigenvalue weighted by Gasteiger charge is 2.38. The van der Waals surface area contributed by atoms with Crippen molar-refractivity contribution in [3.63, 3.8) is 0 Å². The number of nitrogens with zero attached hydrogens (tertiary/aromatic N) is 2. The molecular weight excluding hydrogens is 150 g/mol. The Hall–Kier alpha value is -1.16. The first-order valence-corrected chi connectivity index (χ1v) is 3.33. The summed E-state index contributed by atoms with van der Waals surface area (Å²) in [4.78, 5) is 18.3. The molecule has 0 unspecified atom stereocenters. The third-order valence-corrected chi connectivity index (χ3v) is 1.08. The van der Waals surface area contributed by atoms with Crippen molar-refractivity contribution in [3.05, 3.63) is 0 Å². The van der Waals surface area contributed by atoms with E-state index in [9.17, 15) is 8.22 Å². The molecule has 0 N–H and O–H groups in total. The van der Waals surface area contributed by atoms with E-state index in [0.29, 0.717) is 12.2 Å². The number of carbonyl (C=O) groups excluding carboxylic acids is 2. The largest absolute Gasteiger partial charge is 0.727 e. The van der Waals surface area contributed by atoms with Gasteiger partial charge < -0.3 is 0 Å². The zero-order valence-corrected chi connectivity index (χ0v) is 4.97. The summed E-state index contributed by atoms with van der Waals surface area (Å²) >= 11 is 0. The Morgan fingerprint density at radius 3 is 1.67 bits per heavy atom. The summed E-state index contributed by atoms with van der Waals surface area (Å²) in [5.74, 6) is 0. The molecule has 4 nitrogen and oxygen atoms in total. The first-order valence-electron chi connectivity index (χ1n) is 1.68. The molecule has 0 rings (SSSR count). The maximum atomic E-state index is 11.7. The summed E-state index contributed by atoms with van der Waals surface area (Å²) in [5, 5.41) is 0. The molecule has 0 fully saturated rings. The van der Waals surface area contributed by atoms with Crippen molar-refractivity contribution in [3.8, 4) is 0 Å². The van der Waals surface area contributed by atoms with E-state index < -0.39 is 9.06 Å². The van der Waals surface area contributed by atoms with Crippen LogP contribution in [0.4, 0.5) is 8.22 Å². The average molecular weight is 150 g/mol. The Balaban J connectivity index is 4.36. The Kier molecular flexibility index (Phi) is 2.60. The van der Waals surface area contributed by atoms with Crippen LogP contribution in [0.15, 0.2) is 9.32 Å². The van der Waals surface area contributed by atoms with Crippen LogP contribution in [0.5, 0.6) is 0 Å². The zero-order valence-electron chi connectivity index (χ0n) is 3.97. The van der Waals surface area contributed by atoms with E-state index in [1.54, 1.807) is 0 Å². The SMILES string of the molecule is O=C=N[Si](F)(F)N=C=O. The topological polar surface area (TPSA) is 58.9 Å². The Morgan fingerprint density at radius 2 is 1.44 bits per heavy atom. The molecule has 0 atom stereocenters. The van der Waals surface area contributed by atoms with Gasteiger partial charge in [0, 0.05) is 0 Å². The van der Waals surface area contributed by atoms with Gasteiger partial charge in [0.15, 0.2) is 0 Å². The van der Waals surface area contributed by atoms with E-state index in [2.05, 4.69) is 0 Å². The molecule has 0 aromatic carbocycles. The number of halogens is 2. The lowest BCUT2D eigenvalue weighted by atomic mass is 11.7. The minimum Gasteiger partial charge on any atom is -0.225 e. The normalized spacial score (nSPS) is 9.11. The number of hydrogen-bond donors (Lipinski definition) is 0. The summed E-state index contributed by atoms with van der Waals surface area (Å²) in [7, 11) is -5.30. The molecule has 0 aromatic rings. The Labute approximate surface area is 49.4 Å². The molecule has 0 saturated heterocycles. The molecule has 0 aliphatic heterocycles. The molecule has 7 heteroatoms. The summed E-state index contributed by atoms with van der Waals surface area (Å²) in [6, 6.07) is 0. The lowest BCUT2D eigenvalue weighted by Crippen LogP contribution is -2.15. The maximum absolute atomic E-state index is 11.7. The summed E-state index contributed by atoms with van der Waals surface area (Å²) < 4.78 is 27.4. The van der Waals surface area contributed by atoms with Crippen LogP contribution in [0.3, 0.4) is 0 Å². The van der Waals surface area contributed by atoms with Gasteiger partial charge in [0.2, 0.25) is 12.2 Å². The predicted octanol–water partition coefficient (Wildman–Crippen LogP) is 0.0326. The van der Waals surface area contributed by atoms with Gasteiger partial charge >= 0.3 is 9.06 Å². The van der Waals surface area contributed by atoms with Gasteiger partial charge in [-0.1, -0.05) is 0 Å². The highest BCUT2D eigenvalue weighted by molar-refractivity contribution is 6.63. The van der Waals surface area contributed by atoms with Crippen molar-refractivity contribution < 1.29 is 17.8 Å². The first kappa shape index (κ1) is 7.84. The summed E-state index contributed by atoms with van der Waals surface area (Å²) in [6.07, 6.45) is 1.21. The standard InChI is InChI=1S/C2F2N2O2Si/c3-9(4,5-1-7)6-2-8. The molecule has 0 radical (unpaired) electrons. The molecule has 0 heterocycles. The third kappa shape index (κ3) is 3.42. The average Bonchev–Trinajstić information content (AvgIpc) is 1.64. The second-order valence-electron chi connectivity index (χ2n) is 0.916. The molecule has 48 valence electrons. The highest BCUT2D eigenvalue weighted by atomic mass is 28.4. The first-order chi connectivity index (χ1) is 4.12. The van der Waals surface area contributed by atoms with Crippen LogP contribution in [0.25, 0.3) is 0 Å². The molecule has 0 amide bonds. The van der Waals surface area contributed by atoms with Crippen molar-refractivity contribution in [2.45, 2.75) is 0 Å². The number of hydrogen-bond acceptors (Lipinski definition) is 4. The van der Waals surface area contributed by atoms with Gasteiger partial charge in [0.05, 0.1) is 0 Å². The summed E-state index contributed by atoms with van der Waals surface area (Å²) in [6.45, 7) is 0. The van der Waals surface area contributed by atoms with Gasteiger partial charge in [-0.15, -0.1) is 0 Å². The molecule has 0 saturated carbocycles. The van der Waals surface area contributed by atoms with Crippen LogP contribution >= 0.6 is 0 Å². The van der Waals surface area contributed by atoms with E-state index in [1.807, 2.05) is 9.32 Å². The molecule has 9 heavy (non-hydrogen) atoms. The second kappa shape index (κ2) is 2.98. The van der Waals surface area contributed by atoms with E-state index in [0.717, 1.165) is 0 Å². The van der Waals surface area contributed by atoms with Crippen LogP contribution < -0.4 is 0 Å². The van der Waals surface area contributed by atoms with Crippen molar-refractivity contribution in [2.24, 2.45) is 9.32 Å². The predicted molar refractivity (Wildman–Crippen MR) is 24.2 cm³/mol. The Morgan fingerprint density at radius 1 is 1.11 bits per heavy atom. The van der Waals surface area contributed by atoms with Crippen molar-refractivity contribution in [1.29, 1.82) is 0 Å². The number of isocyanates is 2. The fraction of sp³-hybridized carbons (Fsp3) is 0. The lowest BCUT2D eigenvalue weighted by Gasteiger charge is -1.87. The number of rotatable bonds is 2. The van der Waals surface area contributed by atoms with Crippen LogP contribution in [-0.4, -0.2) is 21.2 Å². The summed E-state index contributed by atoms with van der Waals surface area (Å²) in [5.41, 5.74) is 0. The fourth-order valence-corrected chi connectivity index (χ4v) is 0.404. The van der Waals surface area contributed by atoms with Crippen LogP contribution in [-0.2, 0) is 9.59 Å². The molecule has 0 aliphatic carbocycles. The smallest absolute Gasteiger partial charge is 0.225 e. The monoisotopic (exact) mass is 150 g/mol. The fourth-order valence-electron chi connectivity index (χ4n) is 0.135. The van der Waals surface area contributed by atoms with Gasteiger partial charge in [-0.3, -0.25) is 0 Å². The van der Waals surface area contributed by atoms with Gasteiger partial charge in [-0.05, 0) is 0 Å². The van der Waals surface area contributed by atoms with Crippen LogP contribution in [0.1, 0.15) is 0 Å². The van der Waals surface area contributed by atoms with Crippen LogP contribution in [0, 0.1) is 0 Å². The van der Waals surface area contributed by atoms with E-state index in [4.69, 9.17) is 9.59 Å². The van der Waals surface area contributed by atoms with Gasteiger partial charge in [0.25, 0.3) is 0 Å². The third-order valence-electron chi connectivity index (χ3n) is 0.360. The van der Waals surface area contributed by atoms with E-state index >= 15 is 0 Å².